The maximum Gasteiger partial charge on any atom is 0.211 e. The third-order valence-corrected chi connectivity index (χ3v) is 4.74. The van der Waals surface area contributed by atoms with E-state index < -0.39 is 0 Å². The minimum absolute atomic E-state index is 0.0183. The van der Waals surface area contributed by atoms with Crippen molar-refractivity contribution >= 4 is 39.6 Å². The fraction of sp³-hybridized carbons (Fsp3) is 0.176. The van der Waals surface area contributed by atoms with Crippen molar-refractivity contribution in [2.75, 3.05) is 5.75 Å². The highest BCUT2D eigenvalue weighted by Crippen LogP contribution is 2.27. The van der Waals surface area contributed by atoms with Crippen LogP contribution in [-0.2, 0) is 6.54 Å². The van der Waals surface area contributed by atoms with Gasteiger partial charge in [0.2, 0.25) is 5.16 Å². The number of Topliss-reactive ketones (excluding diaryl/α,β-unsaturated/α-hetero) is 1. The van der Waals surface area contributed by atoms with Gasteiger partial charge in [0.1, 0.15) is 5.52 Å². The van der Waals surface area contributed by atoms with Gasteiger partial charge in [-0.05, 0) is 25.1 Å². The Morgan fingerprint density at radius 3 is 2.88 bits per heavy atom. The number of aryl methyl sites for hydroxylation is 1. The molecule has 0 aliphatic rings. The number of aromatic nitrogens is 5. The standard InChI is InChI=1S/C17H15N5OS/c1-2-22-13-8-4-3-6-11(13)15-16(22)19-17(21-20-15)24-10-14(23)12-7-5-9-18-12/h3-9,18H,2,10H2,1H3. The highest BCUT2D eigenvalue weighted by molar-refractivity contribution is 7.99. The Hall–Kier alpha value is -2.67. The first-order chi connectivity index (χ1) is 11.8. The average molecular weight is 337 g/mol. The summed E-state index contributed by atoms with van der Waals surface area (Å²) >= 11 is 1.30. The van der Waals surface area contributed by atoms with Crippen LogP contribution in [0.4, 0.5) is 0 Å². The maximum atomic E-state index is 12.1. The lowest BCUT2D eigenvalue weighted by atomic mass is 10.2. The van der Waals surface area contributed by atoms with Gasteiger partial charge in [-0.15, -0.1) is 10.2 Å². The van der Waals surface area contributed by atoms with E-state index in [1.54, 1.807) is 12.3 Å². The molecule has 6 nitrogen and oxygen atoms in total. The van der Waals surface area contributed by atoms with E-state index >= 15 is 0 Å². The molecule has 0 atom stereocenters. The zero-order chi connectivity index (χ0) is 16.5. The SMILES string of the molecule is CCn1c2ccccc2c2nnc(SCC(=O)c3ccc[nH]3)nc21. The number of ketones is 1. The Bertz CT molecular complexity index is 1020. The highest BCUT2D eigenvalue weighted by atomic mass is 32.2. The molecule has 0 aliphatic heterocycles. The van der Waals surface area contributed by atoms with Crippen LogP contribution in [-0.4, -0.2) is 36.3 Å². The summed E-state index contributed by atoms with van der Waals surface area (Å²) in [5, 5.41) is 10.1. The van der Waals surface area contributed by atoms with Gasteiger partial charge in [0.05, 0.1) is 17.0 Å². The van der Waals surface area contributed by atoms with Crippen molar-refractivity contribution in [1.29, 1.82) is 0 Å². The summed E-state index contributed by atoms with van der Waals surface area (Å²) in [5.41, 5.74) is 3.30. The lowest BCUT2D eigenvalue weighted by molar-refractivity contribution is 0.101. The summed E-state index contributed by atoms with van der Waals surface area (Å²) in [6, 6.07) is 11.7. The molecule has 7 heteroatoms. The van der Waals surface area contributed by atoms with Crippen LogP contribution in [0.15, 0.2) is 47.8 Å². The van der Waals surface area contributed by atoms with Gasteiger partial charge in [0.25, 0.3) is 0 Å². The molecule has 0 saturated heterocycles. The van der Waals surface area contributed by atoms with Crippen LogP contribution in [0.2, 0.25) is 0 Å². The molecule has 1 aromatic carbocycles. The number of H-pyrrole nitrogens is 1. The smallest absolute Gasteiger partial charge is 0.211 e. The lowest BCUT2D eigenvalue weighted by Gasteiger charge is -2.02. The Morgan fingerprint density at radius 2 is 2.08 bits per heavy atom. The van der Waals surface area contributed by atoms with Crippen molar-refractivity contribution in [2.24, 2.45) is 0 Å². The molecule has 1 N–H and O–H groups in total. The number of fused-ring (bicyclic) bond motifs is 3. The number of hydrogen-bond donors (Lipinski definition) is 1. The number of carbonyl (C=O) groups is 1. The molecular weight excluding hydrogens is 322 g/mol. The van der Waals surface area contributed by atoms with E-state index in [0.717, 1.165) is 28.6 Å². The summed E-state index contributed by atoms with van der Waals surface area (Å²) in [4.78, 5) is 19.6. The number of para-hydroxylation sites is 1. The van der Waals surface area contributed by atoms with E-state index in [1.165, 1.54) is 11.8 Å². The molecule has 0 amide bonds. The fourth-order valence-corrected chi connectivity index (χ4v) is 3.45. The molecule has 4 aromatic rings. The van der Waals surface area contributed by atoms with Gasteiger partial charge in [-0.25, -0.2) is 4.98 Å². The van der Waals surface area contributed by atoms with Gasteiger partial charge >= 0.3 is 0 Å². The molecule has 3 aromatic heterocycles. The monoisotopic (exact) mass is 337 g/mol. The Labute approximate surface area is 142 Å². The number of thioether (sulfide) groups is 1. The van der Waals surface area contributed by atoms with Crippen LogP contribution >= 0.6 is 11.8 Å². The number of rotatable bonds is 5. The van der Waals surface area contributed by atoms with Gasteiger partial charge in [0.15, 0.2) is 11.4 Å². The fourth-order valence-electron chi connectivity index (χ4n) is 2.78. The largest absolute Gasteiger partial charge is 0.359 e. The summed E-state index contributed by atoms with van der Waals surface area (Å²) in [6.07, 6.45) is 1.74. The van der Waals surface area contributed by atoms with Gasteiger partial charge in [-0.2, -0.15) is 0 Å². The van der Waals surface area contributed by atoms with Crippen LogP contribution in [0.5, 0.6) is 0 Å². The predicted octanol–water partition coefficient (Wildman–Crippen LogP) is 3.30. The first-order valence-electron chi connectivity index (χ1n) is 7.69. The number of hydrogen-bond acceptors (Lipinski definition) is 5. The summed E-state index contributed by atoms with van der Waals surface area (Å²) in [5.74, 6) is 0.296. The molecule has 0 unspecified atom stereocenters. The minimum Gasteiger partial charge on any atom is -0.359 e. The quantitative estimate of drug-likeness (QED) is 0.447. The summed E-state index contributed by atoms with van der Waals surface area (Å²) in [7, 11) is 0. The second-order valence-corrected chi connectivity index (χ2v) is 6.27. The topological polar surface area (TPSA) is 76.5 Å². The first-order valence-corrected chi connectivity index (χ1v) is 8.67. The molecule has 0 spiro atoms. The first kappa shape index (κ1) is 14.9. The second-order valence-electron chi connectivity index (χ2n) is 5.32. The van der Waals surface area contributed by atoms with Crippen LogP contribution in [0.25, 0.3) is 22.1 Å². The Kier molecular flexibility index (Phi) is 3.78. The van der Waals surface area contributed by atoms with E-state index in [1.807, 2.05) is 24.3 Å². The van der Waals surface area contributed by atoms with Gasteiger partial charge in [-0.1, -0.05) is 30.0 Å². The number of nitrogens with one attached hydrogen (secondary N) is 1. The third kappa shape index (κ3) is 2.46. The average Bonchev–Trinajstić information content (AvgIpc) is 3.25. The van der Waals surface area contributed by atoms with Gasteiger partial charge in [0, 0.05) is 18.1 Å². The molecule has 0 saturated carbocycles. The number of benzene rings is 1. The van der Waals surface area contributed by atoms with E-state index in [2.05, 4.69) is 37.7 Å². The van der Waals surface area contributed by atoms with E-state index in [-0.39, 0.29) is 11.5 Å². The molecule has 0 radical (unpaired) electrons. The molecule has 3 heterocycles. The lowest BCUT2D eigenvalue weighted by Crippen LogP contribution is -2.04. The van der Waals surface area contributed by atoms with Gasteiger partial charge < -0.3 is 9.55 Å². The zero-order valence-corrected chi connectivity index (χ0v) is 13.9. The van der Waals surface area contributed by atoms with Crippen molar-refractivity contribution in [3.63, 3.8) is 0 Å². The molecule has 24 heavy (non-hydrogen) atoms. The van der Waals surface area contributed by atoms with E-state index in [0.29, 0.717) is 10.9 Å². The van der Waals surface area contributed by atoms with Crippen LogP contribution in [0.1, 0.15) is 17.4 Å². The normalized spacial score (nSPS) is 11.4. The van der Waals surface area contributed by atoms with Crippen LogP contribution < -0.4 is 0 Å². The van der Waals surface area contributed by atoms with Crippen molar-refractivity contribution in [2.45, 2.75) is 18.6 Å². The Morgan fingerprint density at radius 1 is 1.21 bits per heavy atom. The summed E-state index contributed by atoms with van der Waals surface area (Å²) in [6.45, 7) is 2.88. The van der Waals surface area contributed by atoms with Crippen molar-refractivity contribution in [3.05, 3.63) is 48.3 Å². The molecule has 120 valence electrons. The zero-order valence-electron chi connectivity index (χ0n) is 13.1. The Balaban J connectivity index is 1.68. The number of carbonyl (C=O) groups excluding carboxylic acids is 1. The van der Waals surface area contributed by atoms with Crippen molar-refractivity contribution in [3.8, 4) is 0 Å². The summed E-state index contributed by atoms with van der Waals surface area (Å²) < 4.78 is 2.12. The molecular formula is C17H15N5OS. The molecule has 0 fully saturated rings. The molecule has 0 aliphatic carbocycles. The predicted molar refractivity (Wildman–Crippen MR) is 94.4 cm³/mol. The third-order valence-electron chi connectivity index (χ3n) is 3.90. The highest BCUT2D eigenvalue weighted by Gasteiger charge is 2.15. The molecule has 4 rings (SSSR count). The second kappa shape index (κ2) is 6.09. The van der Waals surface area contributed by atoms with Crippen molar-refractivity contribution in [1.82, 2.24) is 24.7 Å². The van der Waals surface area contributed by atoms with Gasteiger partial charge in [-0.3, -0.25) is 4.79 Å². The van der Waals surface area contributed by atoms with E-state index in [9.17, 15) is 4.79 Å². The maximum absolute atomic E-state index is 12.1. The molecule has 0 bridgehead atoms. The van der Waals surface area contributed by atoms with E-state index in [4.69, 9.17) is 0 Å². The van der Waals surface area contributed by atoms with Crippen LogP contribution in [0.3, 0.4) is 0 Å². The minimum atomic E-state index is 0.0183. The number of nitrogens with zero attached hydrogens (tertiary/aromatic N) is 4. The number of aromatic amines is 1. The van der Waals surface area contributed by atoms with Crippen LogP contribution in [0, 0.1) is 0 Å². The van der Waals surface area contributed by atoms with Crippen molar-refractivity contribution < 1.29 is 4.79 Å².